The molecular weight excluding hydrogens is 183 g/mol. The highest BCUT2D eigenvalue weighted by molar-refractivity contribution is 5.37. The molecule has 0 saturated heterocycles. The van der Waals surface area contributed by atoms with Crippen LogP contribution in [0.4, 0.5) is 4.39 Å². The van der Waals surface area contributed by atoms with Gasteiger partial charge in [0.25, 0.3) is 0 Å². The van der Waals surface area contributed by atoms with Crippen molar-refractivity contribution in [3.63, 3.8) is 0 Å². The normalized spacial score (nSPS) is 18.1. The number of phenols is 1. The molecule has 2 N–H and O–H groups in total. The Kier molecular flexibility index (Phi) is 2.19. The van der Waals surface area contributed by atoms with Crippen LogP contribution in [0, 0.1) is 0 Å². The molecule has 1 aliphatic carbocycles. The number of phenolic OH excluding ortho intramolecular Hbond substituents is 1. The minimum absolute atomic E-state index is 0.141. The molecule has 1 aromatic rings. The summed E-state index contributed by atoms with van der Waals surface area (Å²) >= 11 is 0. The summed E-state index contributed by atoms with van der Waals surface area (Å²) in [4.78, 5) is 0. The monoisotopic (exact) mass is 196 g/mol. The van der Waals surface area contributed by atoms with Gasteiger partial charge in [-0.2, -0.15) is 0 Å². The molecule has 0 aliphatic heterocycles. The molecule has 1 saturated carbocycles. The molecule has 1 aromatic carbocycles. The second-order valence-corrected chi connectivity index (χ2v) is 4.00. The molecule has 3 heteroatoms. The van der Waals surface area contributed by atoms with Crippen molar-refractivity contribution < 1.29 is 14.6 Å². The predicted molar refractivity (Wildman–Crippen MR) is 50.8 cm³/mol. The lowest BCUT2D eigenvalue weighted by Crippen LogP contribution is -2.10. The highest BCUT2D eigenvalue weighted by Gasteiger charge is 2.40. The second kappa shape index (κ2) is 3.24. The van der Waals surface area contributed by atoms with Crippen molar-refractivity contribution in [2.75, 3.05) is 0 Å². The Balaban J connectivity index is 2.22. The number of benzene rings is 1. The third-order valence-electron chi connectivity index (χ3n) is 2.64. The van der Waals surface area contributed by atoms with Gasteiger partial charge in [-0.15, -0.1) is 0 Å². The van der Waals surface area contributed by atoms with Crippen molar-refractivity contribution in [3.05, 3.63) is 29.3 Å². The first-order chi connectivity index (χ1) is 6.63. The van der Waals surface area contributed by atoms with Gasteiger partial charge in [0.1, 0.15) is 12.4 Å². The number of alkyl halides is 1. The minimum Gasteiger partial charge on any atom is -0.508 e. The number of halogens is 1. The lowest BCUT2D eigenvalue weighted by atomic mass is 10.0. The SMILES string of the molecule is Oc1ccc(CF)cc1CC1(O)CC1. The fraction of sp³-hybridized carbons (Fsp3) is 0.455. The fourth-order valence-corrected chi connectivity index (χ4v) is 1.54. The lowest BCUT2D eigenvalue weighted by Gasteiger charge is -2.10. The van der Waals surface area contributed by atoms with Gasteiger partial charge in [0.2, 0.25) is 0 Å². The first-order valence-electron chi connectivity index (χ1n) is 4.72. The van der Waals surface area contributed by atoms with Gasteiger partial charge in [0, 0.05) is 6.42 Å². The maximum atomic E-state index is 12.3. The molecule has 76 valence electrons. The average Bonchev–Trinajstić information content (AvgIpc) is 2.88. The zero-order chi connectivity index (χ0) is 10.2. The summed E-state index contributed by atoms with van der Waals surface area (Å²) in [5.41, 5.74) is 0.536. The van der Waals surface area contributed by atoms with E-state index >= 15 is 0 Å². The number of hydrogen-bond acceptors (Lipinski definition) is 2. The highest BCUT2D eigenvalue weighted by atomic mass is 19.1. The molecule has 1 aliphatic rings. The van der Waals surface area contributed by atoms with Gasteiger partial charge in [-0.25, -0.2) is 4.39 Å². The number of rotatable bonds is 3. The first kappa shape index (κ1) is 9.46. The Morgan fingerprint density at radius 1 is 1.36 bits per heavy atom. The van der Waals surface area contributed by atoms with E-state index < -0.39 is 12.3 Å². The van der Waals surface area contributed by atoms with Crippen LogP contribution in [0.25, 0.3) is 0 Å². The summed E-state index contributed by atoms with van der Waals surface area (Å²) in [5.74, 6) is 0.141. The van der Waals surface area contributed by atoms with Crippen LogP contribution in [-0.2, 0) is 13.1 Å². The third-order valence-corrected chi connectivity index (χ3v) is 2.64. The van der Waals surface area contributed by atoms with E-state index in [2.05, 4.69) is 0 Å². The molecule has 0 spiro atoms. The smallest absolute Gasteiger partial charge is 0.118 e. The summed E-state index contributed by atoms with van der Waals surface area (Å²) in [5, 5.41) is 19.2. The Bertz CT molecular complexity index is 345. The van der Waals surface area contributed by atoms with E-state index in [1.807, 2.05) is 0 Å². The van der Waals surface area contributed by atoms with Crippen LogP contribution in [0.1, 0.15) is 24.0 Å². The van der Waals surface area contributed by atoms with Gasteiger partial charge in [-0.05, 0) is 36.1 Å². The zero-order valence-corrected chi connectivity index (χ0v) is 7.83. The Morgan fingerprint density at radius 3 is 2.64 bits per heavy atom. The Morgan fingerprint density at radius 2 is 2.07 bits per heavy atom. The number of aromatic hydroxyl groups is 1. The Labute approximate surface area is 82.0 Å². The first-order valence-corrected chi connectivity index (χ1v) is 4.72. The summed E-state index contributed by atoms with van der Waals surface area (Å²) in [6.07, 6.45) is 1.96. The summed E-state index contributed by atoms with van der Waals surface area (Å²) in [6.45, 7) is -0.536. The van der Waals surface area contributed by atoms with Gasteiger partial charge >= 0.3 is 0 Å². The molecule has 1 fully saturated rings. The topological polar surface area (TPSA) is 40.5 Å². The van der Waals surface area contributed by atoms with Crippen molar-refractivity contribution in [3.8, 4) is 5.75 Å². The van der Waals surface area contributed by atoms with Crippen LogP contribution in [0.15, 0.2) is 18.2 Å². The van der Waals surface area contributed by atoms with E-state index in [1.54, 1.807) is 12.1 Å². The molecule has 0 aromatic heterocycles. The summed E-state index contributed by atoms with van der Waals surface area (Å²) < 4.78 is 12.3. The molecule has 0 bridgehead atoms. The van der Waals surface area contributed by atoms with Crippen LogP contribution < -0.4 is 0 Å². The summed E-state index contributed by atoms with van der Waals surface area (Å²) in [7, 11) is 0. The second-order valence-electron chi connectivity index (χ2n) is 4.00. The average molecular weight is 196 g/mol. The molecule has 0 atom stereocenters. The molecule has 2 rings (SSSR count). The molecule has 0 amide bonds. The molecule has 0 radical (unpaired) electrons. The fourth-order valence-electron chi connectivity index (χ4n) is 1.54. The van der Waals surface area contributed by atoms with Crippen LogP contribution in [-0.4, -0.2) is 15.8 Å². The van der Waals surface area contributed by atoms with Crippen LogP contribution >= 0.6 is 0 Å². The van der Waals surface area contributed by atoms with Crippen molar-refractivity contribution in [2.24, 2.45) is 0 Å². The van der Waals surface area contributed by atoms with Gasteiger partial charge < -0.3 is 10.2 Å². The number of hydrogen-bond donors (Lipinski definition) is 2. The lowest BCUT2D eigenvalue weighted by molar-refractivity contribution is 0.150. The van der Waals surface area contributed by atoms with Crippen molar-refractivity contribution in [2.45, 2.75) is 31.5 Å². The maximum Gasteiger partial charge on any atom is 0.118 e. The van der Waals surface area contributed by atoms with Crippen LogP contribution in [0.5, 0.6) is 5.75 Å². The highest BCUT2D eigenvalue weighted by Crippen LogP contribution is 2.40. The van der Waals surface area contributed by atoms with Gasteiger partial charge in [0.05, 0.1) is 5.60 Å². The van der Waals surface area contributed by atoms with E-state index in [9.17, 15) is 14.6 Å². The molecule has 2 nitrogen and oxygen atoms in total. The third kappa shape index (κ3) is 1.87. The van der Waals surface area contributed by atoms with E-state index in [-0.39, 0.29) is 5.75 Å². The van der Waals surface area contributed by atoms with Gasteiger partial charge in [-0.1, -0.05) is 6.07 Å². The molecular formula is C11H13FO2. The minimum atomic E-state index is -0.646. The largest absolute Gasteiger partial charge is 0.508 e. The standard InChI is InChI=1S/C11H13FO2/c12-7-8-1-2-10(13)9(5-8)6-11(14)3-4-11/h1-2,5,13-14H,3-4,6-7H2. The van der Waals surface area contributed by atoms with E-state index in [4.69, 9.17) is 0 Å². The molecule has 0 unspecified atom stereocenters. The van der Waals surface area contributed by atoms with E-state index in [0.717, 1.165) is 12.8 Å². The van der Waals surface area contributed by atoms with Crippen molar-refractivity contribution >= 4 is 0 Å². The Hall–Kier alpha value is -1.09. The van der Waals surface area contributed by atoms with Gasteiger partial charge in [0.15, 0.2) is 0 Å². The van der Waals surface area contributed by atoms with Crippen molar-refractivity contribution in [1.82, 2.24) is 0 Å². The zero-order valence-electron chi connectivity index (χ0n) is 7.83. The van der Waals surface area contributed by atoms with Crippen LogP contribution in [0.2, 0.25) is 0 Å². The molecule has 14 heavy (non-hydrogen) atoms. The van der Waals surface area contributed by atoms with Gasteiger partial charge in [-0.3, -0.25) is 0 Å². The van der Waals surface area contributed by atoms with E-state index in [1.165, 1.54) is 6.07 Å². The summed E-state index contributed by atoms with van der Waals surface area (Å²) in [6, 6.07) is 4.65. The quantitative estimate of drug-likeness (QED) is 0.775. The van der Waals surface area contributed by atoms with Crippen molar-refractivity contribution in [1.29, 1.82) is 0 Å². The molecule has 0 heterocycles. The number of aliphatic hydroxyl groups is 1. The maximum absolute atomic E-state index is 12.3. The van der Waals surface area contributed by atoms with E-state index in [0.29, 0.717) is 17.5 Å². The van der Waals surface area contributed by atoms with Crippen LogP contribution in [0.3, 0.4) is 0 Å². The predicted octanol–water partition coefficient (Wildman–Crippen LogP) is 1.93.